The largest absolute Gasteiger partial charge is 0.388 e. The molecule has 0 bridgehead atoms. The molecule has 1 aromatic heterocycles. The van der Waals surface area contributed by atoms with Crippen LogP contribution in [-0.4, -0.2) is 21.5 Å². The molecule has 0 saturated carbocycles. The van der Waals surface area contributed by atoms with E-state index in [0.717, 1.165) is 5.69 Å². The minimum Gasteiger partial charge on any atom is -0.388 e. The van der Waals surface area contributed by atoms with Crippen LogP contribution in [0.3, 0.4) is 0 Å². The quantitative estimate of drug-likeness (QED) is 0.869. The number of nitrogens with two attached hydrogens (primary N) is 1. The van der Waals surface area contributed by atoms with Crippen molar-refractivity contribution in [3.63, 3.8) is 0 Å². The Bertz CT molecular complexity index is 585. The first-order valence-corrected chi connectivity index (χ1v) is 6.18. The van der Waals surface area contributed by atoms with Gasteiger partial charge in [0.1, 0.15) is 16.5 Å². The fourth-order valence-electron chi connectivity index (χ4n) is 1.78. The van der Waals surface area contributed by atoms with Gasteiger partial charge in [0, 0.05) is 24.6 Å². The summed E-state index contributed by atoms with van der Waals surface area (Å²) in [4.78, 5) is 10.5. The van der Waals surface area contributed by atoms with Gasteiger partial charge in [0.05, 0.1) is 0 Å². The van der Waals surface area contributed by atoms with Crippen LogP contribution in [0.4, 0.5) is 15.9 Å². The van der Waals surface area contributed by atoms with Crippen LogP contribution in [0.25, 0.3) is 0 Å². The molecular weight excluding hydrogens is 263 g/mol. The minimum absolute atomic E-state index is 0.184. The molecule has 0 aliphatic rings. The molecule has 2 N–H and O–H groups in total. The van der Waals surface area contributed by atoms with E-state index in [2.05, 4.69) is 9.97 Å². The Labute approximate surface area is 116 Å². The molecule has 6 heteroatoms. The highest BCUT2D eigenvalue weighted by Gasteiger charge is 2.15. The summed E-state index contributed by atoms with van der Waals surface area (Å²) in [5.74, 6) is 0.289. The first-order chi connectivity index (χ1) is 9.13. The fraction of sp³-hybridized carbons (Fsp3) is 0.154. The molecule has 0 spiro atoms. The van der Waals surface area contributed by atoms with Crippen LogP contribution in [-0.2, 0) is 0 Å². The van der Waals surface area contributed by atoms with E-state index in [1.165, 1.54) is 18.3 Å². The number of anilines is 2. The summed E-state index contributed by atoms with van der Waals surface area (Å²) >= 11 is 4.98. The Morgan fingerprint density at radius 1 is 1.26 bits per heavy atom. The predicted molar refractivity (Wildman–Crippen MR) is 77.0 cm³/mol. The van der Waals surface area contributed by atoms with Gasteiger partial charge in [-0.3, -0.25) is 0 Å². The number of hydrogen-bond acceptors (Lipinski definition) is 4. The number of aromatic nitrogens is 2. The van der Waals surface area contributed by atoms with Gasteiger partial charge in [-0.25, -0.2) is 14.4 Å². The normalized spacial score (nSPS) is 10.2. The van der Waals surface area contributed by atoms with Crippen molar-refractivity contribution >= 4 is 28.7 Å². The van der Waals surface area contributed by atoms with Crippen molar-refractivity contribution < 1.29 is 4.39 Å². The van der Waals surface area contributed by atoms with E-state index in [-0.39, 0.29) is 10.8 Å². The van der Waals surface area contributed by atoms with Gasteiger partial charge in [-0.2, -0.15) is 0 Å². The van der Waals surface area contributed by atoms with Crippen LogP contribution in [0.5, 0.6) is 0 Å². The zero-order chi connectivity index (χ0) is 13.8. The first-order valence-electron chi connectivity index (χ1n) is 5.77. The molecule has 0 saturated heterocycles. The van der Waals surface area contributed by atoms with Gasteiger partial charge < -0.3 is 10.6 Å². The Morgan fingerprint density at radius 2 is 1.89 bits per heavy atom. The summed E-state index contributed by atoms with van der Waals surface area (Å²) in [6, 6.07) is 6.15. The van der Waals surface area contributed by atoms with Crippen LogP contribution in [0.1, 0.15) is 12.6 Å². The highest BCUT2D eigenvalue weighted by molar-refractivity contribution is 7.80. The molecule has 0 aliphatic carbocycles. The highest BCUT2D eigenvalue weighted by Crippen LogP contribution is 2.25. The van der Waals surface area contributed by atoms with Crippen molar-refractivity contribution in [2.45, 2.75) is 6.92 Å². The van der Waals surface area contributed by atoms with Crippen LogP contribution in [0.2, 0.25) is 0 Å². The highest BCUT2D eigenvalue weighted by atomic mass is 32.1. The molecule has 1 aromatic carbocycles. The molecule has 0 aliphatic heterocycles. The van der Waals surface area contributed by atoms with Gasteiger partial charge in [-0.05, 0) is 31.2 Å². The van der Waals surface area contributed by atoms with Gasteiger partial charge in [0.25, 0.3) is 0 Å². The Morgan fingerprint density at radius 3 is 2.47 bits per heavy atom. The van der Waals surface area contributed by atoms with Crippen LogP contribution in [0.15, 0.2) is 36.7 Å². The van der Waals surface area contributed by atoms with E-state index >= 15 is 0 Å². The molecule has 0 unspecified atom stereocenters. The third kappa shape index (κ3) is 2.85. The van der Waals surface area contributed by atoms with Crippen molar-refractivity contribution in [2.24, 2.45) is 5.73 Å². The predicted octanol–water partition coefficient (Wildman–Crippen LogP) is 2.41. The fourth-order valence-corrected chi connectivity index (χ4v) is 1.92. The third-order valence-electron chi connectivity index (χ3n) is 2.62. The summed E-state index contributed by atoms with van der Waals surface area (Å²) in [5.41, 5.74) is 6.92. The first kappa shape index (κ1) is 13.4. The van der Waals surface area contributed by atoms with Crippen molar-refractivity contribution in [1.29, 1.82) is 0 Å². The maximum absolute atomic E-state index is 13.0. The van der Waals surface area contributed by atoms with Crippen LogP contribution >= 0.6 is 12.2 Å². The number of thiocarbonyl (C=S) groups is 1. The summed E-state index contributed by atoms with van der Waals surface area (Å²) < 4.78 is 13.0. The van der Waals surface area contributed by atoms with Crippen molar-refractivity contribution in [2.75, 3.05) is 11.4 Å². The SMILES string of the molecule is CCN(c1ccc(F)cc1)c1nccnc1C(N)=S. The Kier molecular flexibility index (Phi) is 4.01. The lowest BCUT2D eigenvalue weighted by atomic mass is 10.2. The Balaban J connectivity index is 2.48. The molecule has 1 heterocycles. The van der Waals surface area contributed by atoms with E-state index < -0.39 is 0 Å². The van der Waals surface area contributed by atoms with Crippen LogP contribution in [0, 0.1) is 5.82 Å². The maximum atomic E-state index is 13.0. The monoisotopic (exact) mass is 276 g/mol. The number of nitrogens with zero attached hydrogens (tertiary/aromatic N) is 3. The topological polar surface area (TPSA) is 55.0 Å². The zero-order valence-corrected chi connectivity index (χ0v) is 11.2. The van der Waals surface area contributed by atoms with Gasteiger partial charge in [0.2, 0.25) is 0 Å². The number of benzene rings is 1. The lowest BCUT2D eigenvalue weighted by Crippen LogP contribution is -2.23. The molecule has 19 heavy (non-hydrogen) atoms. The van der Waals surface area contributed by atoms with Gasteiger partial charge in [0.15, 0.2) is 5.82 Å². The molecule has 4 nitrogen and oxygen atoms in total. The average Bonchev–Trinajstić information content (AvgIpc) is 2.42. The maximum Gasteiger partial charge on any atom is 0.162 e. The summed E-state index contributed by atoms with van der Waals surface area (Å²) in [6.07, 6.45) is 3.11. The minimum atomic E-state index is -0.284. The van der Waals surface area contributed by atoms with Gasteiger partial charge >= 0.3 is 0 Å². The third-order valence-corrected chi connectivity index (χ3v) is 2.82. The summed E-state index contributed by atoms with van der Waals surface area (Å²) in [6.45, 7) is 2.60. The van der Waals surface area contributed by atoms with Gasteiger partial charge in [-0.15, -0.1) is 0 Å². The molecule has 0 atom stereocenters. The number of halogens is 1. The van der Waals surface area contributed by atoms with E-state index in [9.17, 15) is 4.39 Å². The number of rotatable bonds is 4. The molecular formula is C13H13FN4S. The van der Waals surface area contributed by atoms with E-state index in [0.29, 0.717) is 18.1 Å². The lowest BCUT2D eigenvalue weighted by molar-refractivity contribution is 0.628. The number of hydrogen-bond donors (Lipinski definition) is 1. The van der Waals surface area contributed by atoms with Crippen LogP contribution < -0.4 is 10.6 Å². The van der Waals surface area contributed by atoms with Gasteiger partial charge in [-0.1, -0.05) is 12.2 Å². The Hall–Kier alpha value is -2.08. The molecule has 98 valence electrons. The molecule has 2 aromatic rings. The van der Waals surface area contributed by atoms with E-state index in [1.807, 2.05) is 11.8 Å². The standard InChI is InChI=1S/C13H13FN4S/c1-2-18(10-5-3-9(14)4-6-10)13-11(12(15)19)16-7-8-17-13/h3-8H,2H2,1H3,(H2,15,19). The molecule has 2 rings (SSSR count). The summed E-state index contributed by atoms with van der Waals surface area (Å²) in [7, 11) is 0. The second-order valence-corrected chi connectivity index (χ2v) is 4.25. The molecule has 0 radical (unpaired) electrons. The van der Waals surface area contributed by atoms with E-state index in [1.54, 1.807) is 18.3 Å². The molecule has 0 fully saturated rings. The second kappa shape index (κ2) is 5.71. The van der Waals surface area contributed by atoms with E-state index in [4.69, 9.17) is 18.0 Å². The lowest BCUT2D eigenvalue weighted by Gasteiger charge is -2.23. The average molecular weight is 276 g/mol. The zero-order valence-electron chi connectivity index (χ0n) is 10.4. The second-order valence-electron chi connectivity index (χ2n) is 3.81. The summed E-state index contributed by atoms with van der Waals surface area (Å²) in [5, 5.41) is 0. The van der Waals surface area contributed by atoms with Crippen molar-refractivity contribution in [3.05, 3.63) is 48.2 Å². The van der Waals surface area contributed by atoms with Crippen molar-refractivity contribution in [3.8, 4) is 0 Å². The molecule has 0 amide bonds. The van der Waals surface area contributed by atoms with Crippen molar-refractivity contribution in [1.82, 2.24) is 9.97 Å². The smallest absolute Gasteiger partial charge is 0.162 e.